The molecule has 1 fully saturated rings. The summed E-state index contributed by atoms with van der Waals surface area (Å²) in [6.45, 7) is 6.77. The van der Waals surface area contributed by atoms with E-state index >= 15 is 0 Å². The van der Waals surface area contributed by atoms with Gasteiger partial charge in [-0.1, -0.05) is 30.8 Å². The number of carbonyl (C=O) groups is 1. The fourth-order valence-electron chi connectivity index (χ4n) is 3.68. The molecule has 0 unspecified atom stereocenters. The molecule has 0 N–H and O–H groups in total. The van der Waals surface area contributed by atoms with Crippen LogP contribution in [0.2, 0.25) is 0 Å². The van der Waals surface area contributed by atoms with Crippen molar-refractivity contribution in [1.29, 1.82) is 0 Å². The number of hydrogen-bond acceptors (Lipinski definition) is 5. The molecule has 0 bridgehead atoms. The Labute approximate surface area is 171 Å². The molecule has 1 aromatic carbocycles. The number of likely N-dealkylation sites (tertiary alicyclic amines) is 1. The number of thioether (sulfide) groups is 1. The number of benzene rings is 1. The van der Waals surface area contributed by atoms with Crippen LogP contribution in [0.5, 0.6) is 5.75 Å². The van der Waals surface area contributed by atoms with E-state index in [1.807, 2.05) is 28.6 Å². The van der Waals surface area contributed by atoms with Crippen LogP contribution in [-0.4, -0.2) is 43.4 Å². The van der Waals surface area contributed by atoms with Crippen molar-refractivity contribution in [3.8, 4) is 5.75 Å². The van der Waals surface area contributed by atoms with E-state index < -0.39 is 0 Å². The van der Waals surface area contributed by atoms with E-state index in [1.165, 1.54) is 23.7 Å². The maximum atomic E-state index is 12.7. The van der Waals surface area contributed by atoms with E-state index in [0.29, 0.717) is 24.4 Å². The topological polar surface area (TPSA) is 60.3 Å². The lowest BCUT2D eigenvalue weighted by Gasteiger charge is -2.39. The summed E-state index contributed by atoms with van der Waals surface area (Å²) in [5, 5.41) is 9.20. The Hall–Kier alpha value is -2.02. The molecule has 2 atom stereocenters. The Morgan fingerprint density at radius 2 is 1.86 bits per heavy atom. The van der Waals surface area contributed by atoms with E-state index in [9.17, 15) is 4.79 Å². The number of hydrogen-bond donors (Lipinski definition) is 0. The van der Waals surface area contributed by atoms with Crippen LogP contribution in [0.3, 0.4) is 0 Å². The highest BCUT2D eigenvalue weighted by Gasteiger charge is 2.29. The molecule has 3 rings (SSSR count). The van der Waals surface area contributed by atoms with Crippen LogP contribution in [0.4, 0.5) is 0 Å². The third-order valence-electron chi connectivity index (χ3n) is 5.43. The summed E-state index contributed by atoms with van der Waals surface area (Å²) in [6.07, 6.45) is 4.39. The van der Waals surface area contributed by atoms with Crippen LogP contribution in [-0.2, 0) is 24.9 Å². The largest absolute Gasteiger partial charge is 0.486 e. The summed E-state index contributed by atoms with van der Waals surface area (Å²) in [5.41, 5.74) is 1.28. The van der Waals surface area contributed by atoms with Crippen molar-refractivity contribution in [1.82, 2.24) is 19.7 Å². The molecule has 1 aliphatic rings. The summed E-state index contributed by atoms with van der Waals surface area (Å²) in [5.74, 6) is 2.13. The monoisotopic (exact) mass is 402 g/mol. The van der Waals surface area contributed by atoms with Gasteiger partial charge >= 0.3 is 0 Å². The second-order valence-corrected chi connectivity index (χ2v) is 8.41. The van der Waals surface area contributed by atoms with Crippen LogP contribution in [0.25, 0.3) is 0 Å². The molecule has 0 saturated carbocycles. The van der Waals surface area contributed by atoms with Crippen molar-refractivity contribution in [2.24, 2.45) is 7.05 Å². The van der Waals surface area contributed by atoms with E-state index in [1.54, 1.807) is 0 Å². The van der Waals surface area contributed by atoms with Crippen molar-refractivity contribution < 1.29 is 9.53 Å². The Balaban J connectivity index is 1.54. The first-order chi connectivity index (χ1) is 13.5. The van der Waals surface area contributed by atoms with Gasteiger partial charge in [-0.3, -0.25) is 4.79 Å². The molecule has 28 heavy (non-hydrogen) atoms. The summed E-state index contributed by atoms with van der Waals surface area (Å²) in [7, 11) is 1.91. The van der Waals surface area contributed by atoms with Crippen LogP contribution < -0.4 is 4.74 Å². The van der Waals surface area contributed by atoms with Crippen LogP contribution >= 0.6 is 11.8 Å². The SMILES string of the molecule is CCc1ccc(OCc2nnc(SCC(=O)N3[C@@H](C)CCC[C@@H]3C)n2C)cc1. The van der Waals surface area contributed by atoms with Crippen molar-refractivity contribution >= 4 is 17.7 Å². The van der Waals surface area contributed by atoms with Gasteiger partial charge < -0.3 is 14.2 Å². The molecular weight excluding hydrogens is 372 g/mol. The Bertz CT molecular complexity index is 780. The third-order valence-corrected chi connectivity index (χ3v) is 6.44. The number of aryl methyl sites for hydroxylation is 1. The molecule has 7 heteroatoms. The summed E-state index contributed by atoms with van der Waals surface area (Å²) in [6, 6.07) is 8.73. The molecule has 2 aromatic rings. The minimum absolute atomic E-state index is 0.182. The maximum Gasteiger partial charge on any atom is 0.233 e. The number of ether oxygens (including phenoxy) is 1. The highest BCUT2D eigenvalue weighted by molar-refractivity contribution is 7.99. The van der Waals surface area contributed by atoms with Gasteiger partial charge in [-0.05, 0) is 57.2 Å². The molecule has 1 aliphatic heterocycles. The molecule has 1 saturated heterocycles. The fraction of sp³-hybridized carbons (Fsp3) is 0.571. The zero-order valence-electron chi connectivity index (χ0n) is 17.2. The maximum absolute atomic E-state index is 12.7. The van der Waals surface area contributed by atoms with Gasteiger partial charge in [0.25, 0.3) is 0 Å². The zero-order valence-corrected chi connectivity index (χ0v) is 18.0. The van der Waals surface area contributed by atoms with Gasteiger partial charge in [0, 0.05) is 19.1 Å². The van der Waals surface area contributed by atoms with Gasteiger partial charge in [-0.15, -0.1) is 10.2 Å². The van der Waals surface area contributed by atoms with E-state index in [4.69, 9.17) is 4.74 Å². The van der Waals surface area contributed by atoms with Gasteiger partial charge in [-0.2, -0.15) is 0 Å². The molecule has 1 amide bonds. The van der Waals surface area contributed by atoms with Gasteiger partial charge in [-0.25, -0.2) is 0 Å². The van der Waals surface area contributed by atoms with Crippen LogP contribution in [0, 0.1) is 0 Å². The number of carbonyl (C=O) groups excluding carboxylic acids is 1. The molecule has 1 aromatic heterocycles. The Morgan fingerprint density at radius 1 is 1.18 bits per heavy atom. The predicted octanol–water partition coefficient (Wildman–Crippen LogP) is 3.84. The highest BCUT2D eigenvalue weighted by Crippen LogP contribution is 2.25. The molecule has 2 heterocycles. The first kappa shape index (κ1) is 20.7. The number of amides is 1. The Morgan fingerprint density at radius 3 is 2.50 bits per heavy atom. The quantitative estimate of drug-likeness (QED) is 0.659. The summed E-state index contributed by atoms with van der Waals surface area (Å²) >= 11 is 1.44. The highest BCUT2D eigenvalue weighted by atomic mass is 32.2. The number of rotatable bonds is 7. The normalized spacial score (nSPS) is 19.6. The van der Waals surface area contributed by atoms with E-state index in [-0.39, 0.29) is 5.91 Å². The van der Waals surface area contributed by atoms with Crippen molar-refractivity contribution in [2.75, 3.05) is 5.75 Å². The van der Waals surface area contributed by atoms with Gasteiger partial charge in [0.2, 0.25) is 5.91 Å². The lowest BCUT2D eigenvalue weighted by atomic mass is 9.98. The van der Waals surface area contributed by atoms with E-state index in [0.717, 1.165) is 36.0 Å². The minimum atomic E-state index is 0.182. The molecule has 0 spiro atoms. The second kappa shape index (κ2) is 9.45. The average molecular weight is 403 g/mol. The second-order valence-electron chi connectivity index (χ2n) is 7.46. The number of nitrogens with zero attached hydrogens (tertiary/aromatic N) is 4. The smallest absolute Gasteiger partial charge is 0.233 e. The van der Waals surface area contributed by atoms with E-state index in [2.05, 4.69) is 43.1 Å². The number of aromatic nitrogens is 3. The predicted molar refractivity (Wildman–Crippen MR) is 112 cm³/mol. The Kier molecular flexibility index (Phi) is 6.99. The fourth-order valence-corrected chi connectivity index (χ4v) is 4.48. The molecule has 0 radical (unpaired) electrons. The van der Waals surface area contributed by atoms with Gasteiger partial charge in [0.1, 0.15) is 12.4 Å². The zero-order chi connectivity index (χ0) is 20.1. The van der Waals surface area contributed by atoms with Gasteiger partial charge in [0.15, 0.2) is 11.0 Å². The lowest BCUT2D eigenvalue weighted by molar-refractivity contribution is -0.134. The number of piperidine rings is 1. The molecule has 0 aliphatic carbocycles. The lowest BCUT2D eigenvalue weighted by Crippen LogP contribution is -2.48. The summed E-state index contributed by atoms with van der Waals surface area (Å²) in [4.78, 5) is 14.7. The first-order valence-corrected chi connectivity index (χ1v) is 11.0. The standard InChI is InChI=1S/C21H30N4O2S/c1-5-17-9-11-18(12-10-17)27-13-19-22-23-21(24(19)4)28-14-20(26)25-15(2)7-6-8-16(25)3/h9-12,15-16H,5-8,13-14H2,1-4H3/t15-,16-/m0/s1. The van der Waals surface area contributed by atoms with Gasteiger partial charge in [0.05, 0.1) is 5.75 Å². The van der Waals surface area contributed by atoms with Crippen molar-refractivity contribution in [3.05, 3.63) is 35.7 Å². The molecule has 6 nitrogen and oxygen atoms in total. The minimum Gasteiger partial charge on any atom is -0.486 e. The van der Waals surface area contributed by atoms with Crippen LogP contribution in [0.15, 0.2) is 29.4 Å². The molecular formula is C21H30N4O2S. The van der Waals surface area contributed by atoms with Crippen molar-refractivity contribution in [3.63, 3.8) is 0 Å². The van der Waals surface area contributed by atoms with Crippen LogP contribution in [0.1, 0.15) is 51.4 Å². The van der Waals surface area contributed by atoms with Crippen molar-refractivity contribution in [2.45, 2.75) is 70.3 Å². The summed E-state index contributed by atoms with van der Waals surface area (Å²) < 4.78 is 7.73. The molecule has 152 valence electrons. The average Bonchev–Trinajstić information content (AvgIpc) is 3.04. The first-order valence-electron chi connectivity index (χ1n) is 10.0. The third kappa shape index (κ3) is 4.87.